The van der Waals surface area contributed by atoms with Crippen molar-refractivity contribution in [3.63, 3.8) is 0 Å². The molecule has 1 heterocycles. The van der Waals surface area contributed by atoms with E-state index in [0.29, 0.717) is 17.7 Å². The van der Waals surface area contributed by atoms with Crippen LogP contribution < -0.4 is 0 Å². The number of carbonyl (C=O) groups is 1. The molecule has 0 aliphatic rings. The highest BCUT2D eigenvalue weighted by molar-refractivity contribution is 5.74. The van der Waals surface area contributed by atoms with Crippen molar-refractivity contribution in [3.05, 3.63) is 59.5 Å². The van der Waals surface area contributed by atoms with Gasteiger partial charge in [0.15, 0.2) is 0 Å². The van der Waals surface area contributed by atoms with E-state index in [2.05, 4.69) is 0 Å². The van der Waals surface area contributed by atoms with Crippen LogP contribution in [0.2, 0.25) is 0 Å². The van der Waals surface area contributed by atoms with E-state index in [1.165, 1.54) is 6.26 Å². The van der Waals surface area contributed by atoms with E-state index in [0.717, 1.165) is 11.8 Å². The van der Waals surface area contributed by atoms with Gasteiger partial charge < -0.3 is 9.52 Å². The van der Waals surface area contributed by atoms with Crippen molar-refractivity contribution < 1.29 is 14.3 Å². The summed E-state index contributed by atoms with van der Waals surface area (Å²) in [7, 11) is 0. The Morgan fingerprint density at radius 2 is 2.19 bits per heavy atom. The molecule has 2 aromatic rings. The molecule has 0 bridgehead atoms. The number of furan rings is 1. The first-order valence-electron chi connectivity index (χ1n) is 5.05. The second-order valence-corrected chi connectivity index (χ2v) is 3.60. The highest BCUT2D eigenvalue weighted by atomic mass is 16.4. The topological polar surface area (TPSA) is 50.4 Å². The molecule has 0 radical (unpaired) electrons. The van der Waals surface area contributed by atoms with Gasteiger partial charge in [-0.25, -0.2) is 0 Å². The van der Waals surface area contributed by atoms with Crippen molar-refractivity contribution in [1.29, 1.82) is 0 Å². The molecule has 0 aliphatic heterocycles. The fraction of sp³-hybridized carbons (Fsp3) is 0.154. The molecule has 0 aliphatic carbocycles. The van der Waals surface area contributed by atoms with Crippen LogP contribution in [0.4, 0.5) is 0 Å². The zero-order chi connectivity index (χ0) is 11.4. The number of hydrogen-bond acceptors (Lipinski definition) is 3. The Balaban J connectivity index is 2.11. The van der Waals surface area contributed by atoms with E-state index in [1.807, 2.05) is 6.07 Å². The minimum atomic E-state index is -0.670. The van der Waals surface area contributed by atoms with Crippen LogP contribution in [0, 0.1) is 0 Å². The summed E-state index contributed by atoms with van der Waals surface area (Å²) in [6, 6.07) is 10.6. The summed E-state index contributed by atoms with van der Waals surface area (Å²) in [5.41, 5.74) is 1.53. The van der Waals surface area contributed by atoms with Crippen LogP contribution in [-0.2, 0) is 6.42 Å². The Labute approximate surface area is 93.3 Å². The second kappa shape index (κ2) is 4.77. The van der Waals surface area contributed by atoms with Gasteiger partial charge in [-0.15, -0.1) is 0 Å². The third kappa shape index (κ3) is 2.38. The molecule has 82 valence electrons. The van der Waals surface area contributed by atoms with Gasteiger partial charge in [0.25, 0.3) is 0 Å². The van der Waals surface area contributed by atoms with Gasteiger partial charge in [-0.2, -0.15) is 0 Å². The molecule has 3 heteroatoms. The summed E-state index contributed by atoms with van der Waals surface area (Å²) in [5.74, 6) is 0.538. The second-order valence-electron chi connectivity index (χ2n) is 3.60. The first-order chi connectivity index (χ1) is 7.79. The molecule has 1 aromatic heterocycles. The Morgan fingerprint density at radius 1 is 1.31 bits per heavy atom. The van der Waals surface area contributed by atoms with Crippen molar-refractivity contribution in [2.75, 3.05) is 0 Å². The zero-order valence-electron chi connectivity index (χ0n) is 8.67. The fourth-order valence-electron chi connectivity index (χ4n) is 1.60. The van der Waals surface area contributed by atoms with Gasteiger partial charge in [-0.1, -0.05) is 18.2 Å². The molecule has 0 saturated carbocycles. The number of carbonyl (C=O) groups excluding carboxylic acids is 1. The molecule has 0 spiro atoms. The summed E-state index contributed by atoms with van der Waals surface area (Å²) in [4.78, 5) is 10.6. The molecular weight excluding hydrogens is 204 g/mol. The summed E-state index contributed by atoms with van der Waals surface area (Å²) < 4.78 is 5.10. The van der Waals surface area contributed by atoms with Crippen LogP contribution in [-0.4, -0.2) is 11.4 Å². The minimum Gasteiger partial charge on any atom is -0.467 e. The minimum absolute atomic E-state index is 0.440. The van der Waals surface area contributed by atoms with Gasteiger partial charge >= 0.3 is 0 Å². The SMILES string of the molecule is O=Cc1cccc(CC(O)c2ccco2)c1. The lowest BCUT2D eigenvalue weighted by atomic mass is 10.0. The van der Waals surface area contributed by atoms with Crippen molar-refractivity contribution >= 4 is 6.29 Å². The smallest absolute Gasteiger partial charge is 0.150 e. The number of benzene rings is 1. The highest BCUT2D eigenvalue weighted by Gasteiger charge is 2.11. The van der Waals surface area contributed by atoms with Crippen molar-refractivity contribution in [2.24, 2.45) is 0 Å². The lowest BCUT2D eigenvalue weighted by Gasteiger charge is -2.07. The van der Waals surface area contributed by atoms with Crippen LogP contribution in [0.1, 0.15) is 27.8 Å². The lowest BCUT2D eigenvalue weighted by molar-refractivity contribution is 0.112. The van der Waals surface area contributed by atoms with Gasteiger partial charge in [0, 0.05) is 12.0 Å². The van der Waals surface area contributed by atoms with Gasteiger partial charge in [0.1, 0.15) is 18.2 Å². The third-order valence-electron chi connectivity index (χ3n) is 2.39. The summed E-state index contributed by atoms with van der Waals surface area (Å²) in [6.07, 6.45) is 2.09. The number of rotatable bonds is 4. The molecule has 0 saturated heterocycles. The highest BCUT2D eigenvalue weighted by Crippen LogP contribution is 2.18. The van der Waals surface area contributed by atoms with Gasteiger partial charge in [-0.3, -0.25) is 4.79 Å². The number of aliphatic hydroxyl groups is 1. The largest absolute Gasteiger partial charge is 0.467 e. The standard InChI is InChI=1S/C13H12O3/c14-9-11-4-1-3-10(7-11)8-12(15)13-5-2-6-16-13/h1-7,9,12,15H,8H2. The molecule has 1 aromatic carbocycles. The van der Waals surface area contributed by atoms with Crippen molar-refractivity contribution in [1.82, 2.24) is 0 Å². The maximum absolute atomic E-state index is 10.6. The van der Waals surface area contributed by atoms with E-state index in [4.69, 9.17) is 4.42 Å². The quantitative estimate of drug-likeness (QED) is 0.798. The molecule has 0 fully saturated rings. The van der Waals surface area contributed by atoms with E-state index >= 15 is 0 Å². The molecule has 1 atom stereocenters. The van der Waals surface area contributed by atoms with Gasteiger partial charge in [0.2, 0.25) is 0 Å². The average Bonchev–Trinajstić information content (AvgIpc) is 2.83. The van der Waals surface area contributed by atoms with Crippen LogP contribution in [0.25, 0.3) is 0 Å². The van der Waals surface area contributed by atoms with E-state index < -0.39 is 6.10 Å². The molecule has 0 amide bonds. The Kier molecular flexibility index (Phi) is 3.17. The lowest BCUT2D eigenvalue weighted by Crippen LogP contribution is -2.00. The Morgan fingerprint density at radius 3 is 2.88 bits per heavy atom. The van der Waals surface area contributed by atoms with Crippen LogP contribution in [0.5, 0.6) is 0 Å². The van der Waals surface area contributed by atoms with E-state index in [1.54, 1.807) is 30.3 Å². The van der Waals surface area contributed by atoms with E-state index in [9.17, 15) is 9.90 Å². The first-order valence-corrected chi connectivity index (χ1v) is 5.05. The van der Waals surface area contributed by atoms with Crippen LogP contribution >= 0.6 is 0 Å². The summed E-state index contributed by atoms with van der Waals surface area (Å²) in [6.45, 7) is 0. The summed E-state index contributed by atoms with van der Waals surface area (Å²) >= 11 is 0. The van der Waals surface area contributed by atoms with Crippen LogP contribution in [0.3, 0.4) is 0 Å². The average molecular weight is 216 g/mol. The first kappa shape index (κ1) is 10.6. The molecular formula is C13H12O3. The fourth-order valence-corrected chi connectivity index (χ4v) is 1.60. The molecule has 16 heavy (non-hydrogen) atoms. The Hall–Kier alpha value is -1.87. The molecule has 3 nitrogen and oxygen atoms in total. The maximum Gasteiger partial charge on any atom is 0.150 e. The predicted molar refractivity (Wildman–Crippen MR) is 59.2 cm³/mol. The number of aliphatic hydroxyl groups excluding tert-OH is 1. The van der Waals surface area contributed by atoms with Crippen molar-refractivity contribution in [2.45, 2.75) is 12.5 Å². The number of aldehydes is 1. The van der Waals surface area contributed by atoms with Crippen LogP contribution in [0.15, 0.2) is 47.1 Å². The maximum atomic E-state index is 10.6. The summed E-state index contributed by atoms with van der Waals surface area (Å²) in [5, 5.41) is 9.84. The third-order valence-corrected chi connectivity index (χ3v) is 2.39. The monoisotopic (exact) mass is 216 g/mol. The van der Waals surface area contributed by atoms with Gasteiger partial charge in [-0.05, 0) is 23.8 Å². The molecule has 1 unspecified atom stereocenters. The van der Waals surface area contributed by atoms with Crippen molar-refractivity contribution in [3.8, 4) is 0 Å². The van der Waals surface area contributed by atoms with E-state index in [-0.39, 0.29) is 0 Å². The Bertz CT molecular complexity index is 460. The number of hydrogen-bond donors (Lipinski definition) is 1. The predicted octanol–water partition coefficient (Wildman–Crippen LogP) is 2.37. The molecule has 2 rings (SSSR count). The zero-order valence-corrected chi connectivity index (χ0v) is 8.67. The van der Waals surface area contributed by atoms with Gasteiger partial charge in [0.05, 0.1) is 6.26 Å². The normalized spacial score (nSPS) is 12.3. The molecule has 1 N–H and O–H groups in total.